The lowest BCUT2D eigenvalue weighted by Gasteiger charge is -2.16. The highest BCUT2D eigenvalue weighted by atomic mass is 15.1. The van der Waals surface area contributed by atoms with Crippen LogP contribution in [0.1, 0.15) is 28.9 Å². The first-order valence-electron chi connectivity index (χ1n) is 7.18. The van der Waals surface area contributed by atoms with Gasteiger partial charge in [-0.1, -0.05) is 0 Å². The van der Waals surface area contributed by atoms with Crippen molar-refractivity contribution in [3.63, 3.8) is 0 Å². The second-order valence-electron chi connectivity index (χ2n) is 6.13. The molecule has 0 radical (unpaired) electrons. The van der Waals surface area contributed by atoms with Crippen LogP contribution >= 0.6 is 0 Å². The first-order chi connectivity index (χ1) is 9.04. The van der Waals surface area contributed by atoms with Gasteiger partial charge in [0.25, 0.3) is 0 Å². The summed E-state index contributed by atoms with van der Waals surface area (Å²) in [6, 6.07) is 2.16. The number of aromatic nitrogens is 2. The Hall–Kier alpha value is -1.35. The molecule has 3 rings (SSSR count). The van der Waals surface area contributed by atoms with Gasteiger partial charge >= 0.3 is 0 Å². The Morgan fingerprint density at radius 2 is 2.11 bits per heavy atom. The van der Waals surface area contributed by atoms with Gasteiger partial charge in [-0.05, 0) is 70.3 Å². The summed E-state index contributed by atoms with van der Waals surface area (Å²) in [5.41, 5.74) is 6.39. The van der Waals surface area contributed by atoms with Crippen molar-refractivity contribution in [2.75, 3.05) is 20.1 Å². The zero-order chi connectivity index (χ0) is 13.6. The monoisotopic (exact) mass is 257 g/mol. The first kappa shape index (κ1) is 12.7. The molecule has 0 amide bonds. The number of aryl methyl sites for hydroxylation is 3. The number of nitrogens with zero attached hydrogens (tertiary/aromatic N) is 3. The summed E-state index contributed by atoms with van der Waals surface area (Å²) < 4.78 is 2.25. The van der Waals surface area contributed by atoms with E-state index in [1.54, 1.807) is 0 Å². The molecule has 0 saturated carbocycles. The van der Waals surface area contributed by atoms with Gasteiger partial charge in [-0.3, -0.25) is 0 Å². The molecule has 19 heavy (non-hydrogen) atoms. The molecule has 0 bridgehead atoms. The Bertz CT molecular complexity index is 612. The van der Waals surface area contributed by atoms with Gasteiger partial charge in [0.15, 0.2) is 0 Å². The minimum absolute atomic E-state index is 0.790. The molecule has 1 aliphatic rings. The summed E-state index contributed by atoms with van der Waals surface area (Å²) in [7, 11) is 2.22. The highest BCUT2D eigenvalue weighted by molar-refractivity contribution is 5.47. The molecule has 3 nitrogen and oxygen atoms in total. The molecular weight excluding hydrogens is 234 g/mol. The summed E-state index contributed by atoms with van der Waals surface area (Å²) in [4.78, 5) is 7.20. The van der Waals surface area contributed by atoms with E-state index in [4.69, 9.17) is 4.98 Å². The molecule has 3 heteroatoms. The molecular formula is C16H23N3. The molecule has 2 aromatic heterocycles. The van der Waals surface area contributed by atoms with Crippen LogP contribution in [0, 0.1) is 26.7 Å². The van der Waals surface area contributed by atoms with E-state index in [0.29, 0.717) is 0 Å². The zero-order valence-electron chi connectivity index (χ0n) is 12.4. The number of fused-ring (bicyclic) bond motifs is 1. The van der Waals surface area contributed by atoms with Crippen molar-refractivity contribution in [1.29, 1.82) is 0 Å². The van der Waals surface area contributed by atoms with Crippen molar-refractivity contribution in [1.82, 2.24) is 14.3 Å². The summed E-state index contributed by atoms with van der Waals surface area (Å²) in [5, 5.41) is 0. The second-order valence-corrected chi connectivity index (χ2v) is 6.13. The number of likely N-dealkylation sites (tertiary alicyclic amines) is 1. The highest BCUT2D eigenvalue weighted by Crippen LogP contribution is 2.24. The second kappa shape index (κ2) is 4.64. The zero-order valence-corrected chi connectivity index (χ0v) is 12.4. The van der Waals surface area contributed by atoms with Crippen LogP contribution in [-0.2, 0) is 6.42 Å². The number of rotatable bonds is 2. The molecule has 0 spiro atoms. The minimum atomic E-state index is 0.790. The van der Waals surface area contributed by atoms with E-state index in [-0.39, 0.29) is 0 Å². The maximum absolute atomic E-state index is 4.77. The third-order valence-electron chi connectivity index (χ3n) is 4.44. The molecule has 0 aromatic carbocycles. The van der Waals surface area contributed by atoms with E-state index in [0.717, 1.165) is 11.6 Å². The van der Waals surface area contributed by atoms with Gasteiger partial charge in [0.05, 0.1) is 0 Å². The van der Waals surface area contributed by atoms with E-state index in [1.807, 2.05) is 0 Å². The van der Waals surface area contributed by atoms with Gasteiger partial charge in [0.1, 0.15) is 5.65 Å². The van der Waals surface area contributed by atoms with Gasteiger partial charge in [0, 0.05) is 24.1 Å². The van der Waals surface area contributed by atoms with Crippen LogP contribution in [0.25, 0.3) is 5.65 Å². The highest BCUT2D eigenvalue weighted by Gasteiger charge is 2.22. The SMILES string of the molecule is Cc1cc2nc(C)c(CC3CCN(C)C3)c(C)n2c1. The van der Waals surface area contributed by atoms with Gasteiger partial charge in [0.2, 0.25) is 0 Å². The predicted molar refractivity (Wildman–Crippen MR) is 78.7 cm³/mol. The first-order valence-corrected chi connectivity index (χ1v) is 7.18. The Morgan fingerprint density at radius 1 is 1.32 bits per heavy atom. The molecule has 1 fully saturated rings. The standard InChI is InChI=1S/C16H23N3/c1-11-7-16-17-12(2)15(13(3)19(16)9-11)8-14-5-6-18(4)10-14/h7,9,14H,5-6,8,10H2,1-4H3. The molecule has 1 atom stereocenters. The van der Waals surface area contributed by atoms with Crippen molar-refractivity contribution in [3.8, 4) is 0 Å². The summed E-state index contributed by atoms with van der Waals surface area (Å²) in [5.74, 6) is 0.790. The topological polar surface area (TPSA) is 20.5 Å². The lowest BCUT2D eigenvalue weighted by atomic mass is 9.96. The Morgan fingerprint density at radius 3 is 2.79 bits per heavy atom. The fourth-order valence-electron chi connectivity index (χ4n) is 3.36. The lowest BCUT2D eigenvalue weighted by molar-refractivity contribution is 0.394. The molecule has 102 valence electrons. The van der Waals surface area contributed by atoms with E-state index < -0.39 is 0 Å². The lowest BCUT2D eigenvalue weighted by Crippen LogP contribution is -2.16. The van der Waals surface area contributed by atoms with Crippen molar-refractivity contribution >= 4 is 5.65 Å². The molecule has 2 aromatic rings. The van der Waals surface area contributed by atoms with E-state index >= 15 is 0 Å². The molecule has 1 unspecified atom stereocenters. The third kappa shape index (κ3) is 2.27. The van der Waals surface area contributed by atoms with Crippen molar-refractivity contribution in [3.05, 3.63) is 34.8 Å². The van der Waals surface area contributed by atoms with E-state index in [2.05, 4.69) is 49.4 Å². The van der Waals surface area contributed by atoms with Gasteiger partial charge in [-0.25, -0.2) is 4.98 Å². The fourth-order valence-corrected chi connectivity index (χ4v) is 3.36. The van der Waals surface area contributed by atoms with Crippen LogP contribution < -0.4 is 0 Å². The normalized spacial score (nSPS) is 20.5. The van der Waals surface area contributed by atoms with Gasteiger partial charge < -0.3 is 9.30 Å². The Balaban J connectivity index is 1.98. The van der Waals surface area contributed by atoms with Gasteiger partial charge in [-0.15, -0.1) is 0 Å². The van der Waals surface area contributed by atoms with Crippen LogP contribution in [0.15, 0.2) is 12.3 Å². The predicted octanol–water partition coefficient (Wildman–Crippen LogP) is 2.75. The van der Waals surface area contributed by atoms with Crippen LogP contribution in [-0.4, -0.2) is 34.4 Å². The Labute approximate surface area is 115 Å². The largest absolute Gasteiger partial charge is 0.306 e. The van der Waals surface area contributed by atoms with Crippen LogP contribution in [0.5, 0.6) is 0 Å². The van der Waals surface area contributed by atoms with Crippen molar-refractivity contribution < 1.29 is 0 Å². The van der Waals surface area contributed by atoms with Crippen LogP contribution in [0.4, 0.5) is 0 Å². The molecule has 1 aliphatic heterocycles. The summed E-state index contributed by atoms with van der Waals surface area (Å²) in [6.07, 6.45) is 4.68. The number of hydrogen-bond donors (Lipinski definition) is 0. The Kier molecular flexibility index (Phi) is 3.09. The summed E-state index contributed by atoms with van der Waals surface area (Å²) >= 11 is 0. The van der Waals surface area contributed by atoms with Crippen molar-refractivity contribution in [2.45, 2.75) is 33.6 Å². The third-order valence-corrected chi connectivity index (χ3v) is 4.44. The van der Waals surface area contributed by atoms with Crippen LogP contribution in [0.3, 0.4) is 0 Å². The molecule has 1 saturated heterocycles. The minimum Gasteiger partial charge on any atom is -0.306 e. The van der Waals surface area contributed by atoms with Gasteiger partial charge in [-0.2, -0.15) is 0 Å². The average molecular weight is 257 g/mol. The molecule has 0 aliphatic carbocycles. The quantitative estimate of drug-likeness (QED) is 0.824. The molecule has 0 N–H and O–H groups in total. The van der Waals surface area contributed by atoms with E-state index in [1.165, 1.54) is 48.4 Å². The van der Waals surface area contributed by atoms with Crippen LogP contribution in [0.2, 0.25) is 0 Å². The number of hydrogen-bond acceptors (Lipinski definition) is 2. The summed E-state index contributed by atoms with van der Waals surface area (Å²) in [6.45, 7) is 8.98. The van der Waals surface area contributed by atoms with E-state index in [9.17, 15) is 0 Å². The average Bonchev–Trinajstić information content (AvgIpc) is 2.90. The smallest absolute Gasteiger partial charge is 0.137 e. The fraction of sp³-hybridized carbons (Fsp3) is 0.562. The maximum atomic E-state index is 4.77. The molecule has 3 heterocycles. The van der Waals surface area contributed by atoms with Crippen molar-refractivity contribution in [2.24, 2.45) is 5.92 Å². The maximum Gasteiger partial charge on any atom is 0.137 e.